The maximum Gasteiger partial charge on any atom is 0.225 e. The monoisotopic (exact) mass is 450 g/mol. The molecule has 4 rings (SSSR count). The van der Waals surface area contributed by atoms with Crippen LogP contribution in [-0.4, -0.2) is 81.7 Å². The van der Waals surface area contributed by atoms with Crippen LogP contribution in [0.25, 0.3) is 0 Å². The summed E-state index contributed by atoms with van der Waals surface area (Å²) in [5.41, 5.74) is 1.30. The molecule has 1 aromatic heterocycles. The van der Waals surface area contributed by atoms with Gasteiger partial charge in [0.15, 0.2) is 6.29 Å². The standard InChI is InChI=1S/C13H19N3O.C11H21NO3.H2/c1-2-15-6-8-16(9-7-15)13-11-4-10-17-12(11)3-5-14-13;1-14-11(15-2)8-10(13)12-9-6-4-3-5-7-9;/h3,5H,2,4,6-10H2,1H3;9,11H,3-8H2,1-2H3,(H,12,13);1H. The van der Waals surface area contributed by atoms with Crippen LogP contribution >= 0.6 is 0 Å². The number of carbonyl (C=O) groups is 1. The van der Waals surface area contributed by atoms with Crippen LogP contribution < -0.4 is 15.0 Å². The second-order valence-corrected chi connectivity index (χ2v) is 8.64. The summed E-state index contributed by atoms with van der Waals surface area (Å²) in [6, 6.07) is 2.34. The van der Waals surface area contributed by atoms with Crippen molar-refractivity contribution < 1.29 is 20.4 Å². The molecule has 2 aliphatic heterocycles. The SMILES string of the molecule is CCN1CCN(c2nccc3c2CCO3)CC1.COC(CC(=O)NC1CCCCC1)OC.[HH]. The van der Waals surface area contributed by atoms with Crippen LogP contribution in [0.4, 0.5) is 5.82 Å². The highest BCUT2D eigenvalue weighted by Crippen LogP contribution is 2.32. The van der Waals surface area contributed by atoms with E-state index in [9.17, 15) is 4.79 Å². The van der Waals surface area contributed by atoms with Gasteiger partial charge in [0, 0.05) is 66.0 Å². The minimum absolute atomic E-state index is 0. The number of piperazine rings is 1. The number of amides is 1. The molecule has 0 atom stereocenters. The van der Waals surface area contributed by atoms with Gasteiger partial charge in [-0.2, -0.15) is 0 Å². The van der Waals surface area contributed by atoms with Crippen molar-refractivity contribution in [3.63, 3.8) is 0 Å². The lowest BCUT2D eigenvalue weighted by atomic mass is 9.95. The fourth-order valence-electron chi connectivity index (χ4n) is 4.59. The van der Waals surface area contributed by atoms with Gasteiger partial charge >= 0.3 is 0 Å². The second kappa shape index (κ2) is 13.0. The van der Waals surface area contributed by atoms with Crippen LogP contribution in [0.3, 0.4) is 0 Å². The molecule has 182 valence electrons. The second-order valence-electron chi connectivity index (χ2n) is 8.64. The van der Waals surface area contributed by atoms with E-state index in [-0.39, 0.29) is 13.8 Å². The molecule has 1 N–H and O–H groups in total. The highest BCUT2D eigenvalue weighted by Gasteiger charge is 2.23. The molecule has 3 aliphatic rings. The van der Waals surface area contributed by atoms with E-state index in [1.807, 2.05) is 12.3 Å². The van der Waals surface area contributed by atoms with Crippen molar-refractivity contribution in [1.29, 1.82) is 0 Å². The van der Waals surface area contributed by atoms with Crippen molar-refractivity contribution in [2.75, 3.05) is 58.5 Å². The summed E-state index contributed by atoms with van der Waals surface area (Å²) in [7, 11) is 3.09. The summed E-state index contributed by atoms with van der Waals surface area (Å²) in [5, 5.41) is 3.02. The van der Waals surface area contributed by atoms with Gasteiger partial charge in [0.2, 0.25) is 5.91 Å². The topological polar surface area (TPSA) is 76.2 Å². The molecule has 1 amide bonds. The number of ether oxygens (including phenoxy) is 3. The van der Waals surface area contributed by atoms with E-state index in [2.05, 4.69) is 27.0 Å². The average Bonchev–Trinajstić information content (AvgIpc) is 3.33. The van der Waals surface area contributed by atoms with Crippen molar-refractivity contribution in [2.45, 2.75) is 64.2 Å². The van der Waals surface area contributed by atoms with E-state index in [1.54, 1.807) is 14.2 Å². The summed E-state index contributed by atoms with van der Waals surface area (Å²) in [6.45, 7) is 8.63. The Kier molecular flexibility index (Phi) is 10.0. The third kappa shape index (κ3) is 7.05. The average molecular weight is 451 g/mol. The van der Waals surface area contributed by atoms with E-state index in [0.29, 0.717) is 6.04 Å². The Balaban J connectivity index is 0.000000229. The number of carbonyl (C=O) groups excluding carboxylic acids is 1. The fourth-order valence-corrected chi connectivity index (χ4v) is 4.59. The normalized spacial score (nSPS) is 19.2. The number of hydrogen-bond acceptors (Lipinski definition) is 7. The Hall–Kier alpha value is -1.90. The van der Waals surface area contributed by atoms with Crippen LogP contribution in [0, 0.1) is 0 Å². The van der Waals surface area contributed by atoms with Crippen LogP contribution in [0.15, 0.2) is 12.3 Å². The Morgan fingerprint density at radius 2 is 1.94 bits per heavy atom. The molecule has 0 spiro atoms. The number of likely N-dealkylation sites (N-methyl/N-ethyl adjacent to an activating group) is 1. The zero-order valence-corrected chi connectivity index (χ0v) is 20.0. The van der Waals surface area contributed by atoms with Crippen LogP contribution in [0.5, 0.6) is 5.75 Å². The maximum atomic E-state index is 11.6. The molecular weight excluding hydrogens is 408 g/mol. The Bertz CT molecular complexity index is 706. The molecule has 0 aromatic carbocycles. The molecule has 8 heteroatoms. The van der Waals surface area contributed by atoms with Crippen molar-refractivity contribution in [2.24, 2.45) is 0 Å². The summed E-state index contributed by atoms with van der Waals surface area (Å²) in [5.74, 6) is 2.21. The van der Waals surface area contributed by atoms with Gasteiger partial charge in [0.1, 0.15) is 11.6 Å². The predicted molar refractivity (Wildman–Crippen MR) is 127 cm³/mol. The largest absolute Gasteiger partial charge is 0.493 e. The predicted octanol–water partition coefficient (Wildman–Crippen LogP) is 2.85. The third-order valence-corrected chi connectivity index (χ3v) is 6.57. The van der Waals surface area contributed by atoms with Gasteiger partial charge in [-0.05, 0) is 25.5 Å². The lowest BCUT2D eigenvalue weighted by Crippen LogP contribution is -2.46. The van der Waals surface area contributed by atoms with Crippen LogP contribution in [-0.2, 0) is 20.7 Å². The van der Waals surface area contributed by atoms with E-state index in [0.717, 1.165) is 70.2 Å². The van der Waals surface area contributed by atoms with Gasteiger partial charge < -0.3 is 29.3 Å². The summed E-state index contributed by atoms with van der Waals surface area (Å²) < 4.78 is 15.5. The number of hydrogen-bond donors (Lipinski definition) is 1. The highest BCUT2D eigenvalue weighted by atomic mass is 16.7. The van der Waals surface area contributed by atoms with Crippen molar-refractivity contribution >= 4 is 11.7 Å². The number of fused-ring (bicyclic) bond motifs is 1. The zero-order valence-electron chi connectivity index (χ0n) is 20.0. The maximum absolute atomic E-state index is 11.6. The first-order valence-corrected chi connectivity index (χ1v) is 12.1. The zero-order chi connectivity index (χ0) is 22.8. The molecule has 3 heterocycles. The molecule has 8 nitrogen and oxygen atoms in total. The van der Waals surface area contributed by atoms with Gasteiger partial charge in [-0.15, -0.1) is 0 Å². The Labute approximate surface area is 194 Å². The third-order valence-electron chi connectivity index (χ3n) is 6.57. The molecule has 0 unspecified atom stereocenters. The molecule has 1 aromatic rings. The smallest absolute Gasteiger partial charge is 0.225 e. The van der Waals surface area contributed by atoms with Gasteiger partial charge in [-0.25, -0.2) is 4.98 Å². The summed E-state index contributed by atoms with van der Waals surface area (Å²) >= 11 is 0. The number of rotatable bonds is 7. The molecule has 1 aliphatic carbocycles. The lowest BCUT2D eigenvalue weighted by molar-refractivity contribution is -0.139. The van der Waals surface area contributed by atoms with Crippen molar-refractivity contribution in [1.82, 2.24) is 15.2 Å². The summed E-state index contributed by atoms with van der Waals surface area (Å²) in [6.07, 6.45) is 8.69. The number of anilines is 1. The van der Waals surface area contributed by atoms with Crippen LogP contribution in [0.2, 0.25) is 0 Å². The molecule has 1 saturated heterocycles. The van der Waals surface area contributed by atoms with Crippen LogP contribution in [0.1, 0.15) is 52.4 Å². The van der Waals surface area contributed by atoms with Crippen molar-refractivity contribution in [3.05, 3.63) is 17.8 Å². The first-order valence-electron chi connectivity index (χ1n) is 12.1. The minimum Gasteiger partial charge on any atom is -0.493 e. The fraction of sp³-hybridized carbons (Fsp3) is 0.750. The van der Waals surface area contributed by atoms with E-state index < -0.39 is 6.29 Å². The van der Waals surface area contributed by atoms with E-state index in [4.69, 9.17) is 14.2 Å². The summed E-state index contributed by atoms with van der Waals surface area (Å²) in [4.78, 5) is 21.0. The highest BCUT2D eigenvalue weighted by molar-refractivity contribution is 5.76. The van der Waals surface area contributed by atoms with Gasteiger partial charge in [0.05, 0.1) is 13.0 Å². The number of pyridine rings is 1. The number of methoxy groups -OCH3 is 2. The quantitative estimate of drug-likeness (QED) is 0.640. The van der Waals surface area contributed by atoms with Gasteiger partial charge in [-0.3, -0.25) is 4.79 Å². The molecule has 0 radical (unpaired) electrons. The number of nitrogens with zero attached hydrogens (tertiary/aromatic N) is 3. The number of aromatic nitrogens is 1. The molecular formula is C24H42N4O4. The molecule has 2 fully saturated rings. The molecule has 32 heavy (non-hydrogen) atoms. The number of nitrogens with one attached hydrogen (secondary N) is 1. The van der Waals surface area contributed by atoms with E-state index >= 15 is 0 Å². The Morgan fingerprint density at radius 1 is 1.22 bits per heavy atom. The van der Waals surface area contributed by atoms with Crippen molar-refractivity contribution in [3.8, 4) is 5.75 Å². The van der Waals surface area contributed by atoms with Gasteiger partial charge in [-0.1, -0.05) is 26.2 Å². The first-order chi connectivity index (χ1) is 15.6. The van der Waals surface area contributed by atoms with E-state index in [1.165, 1.54) is 24.8 Å². The lowest BCUT2D eigenvalue weighted by Gasteiger charge is -2.35. The van der Waals surface area contributed by atoms with Gasteiger partial charge in [0.25, 0.3) is 0 Å². The molecule has 1 saturated carbocycles. The molecule has 0 bridgehead atoms. The Morgan fingerprint density at radius 3 is 2.59 bits per heavy atom. The first kappa shape index (κ1) is 24.7. The minimum atomic E-state index is -0.423.